The van der Waals surface area contributed by atoms with Crippen LogP contribution in [0.2, 0.25) is 0 Å². The van der Waals surface area contributed by atoms with Crippen molar-refractivity contribution in [2.24, 2.45) is 0 Å². The van der Waals surface area contributed by atoms with Crippen LogP contribution >= 0.6 is 0 Å². The molecule has 4 aromatic rings. The standard InChI is InChI=1S/C26H27N5O4/c1-18(26(33)27-20-10-14-22(35-3)15-11-20)30(16-19-8-12-21(34-2)13-9-19)25(32)17-31-24-7-5-4-6-23(24)28-29-31/h4-15,18H,16-17H2,1-3H3,(H,27,33). The largest absolute Gasteiger partial charge is 0.497 e. The monoisotopic (exact) mass is 473 g/mol. The van der Waals surface area contributed by atoms with Gasteiger partial charge in [0.25, 0.3) is 0 Å². The Morgan fingerprint density at radius 3 is 2.23 bits per heavy atom. The molecule has 0 saturated heterocycles. The van der Waals surface area contributed by atoms with Gasteiger partial charge in [-0.3, -0.25) is 9.59 Å². The van der Waals surface area contributed by atoms with Crippen molar-refractivity contribution >= 4 is 28.5 Å². The minimum absolute atomic E-state index is 0.0448. The number of benzene rings is 3. The number of ether oxygens (including phenoxy) is 2. The van der Waals surface area contributed by atoms with E-state index in [2.05, 4.69) is 15.6 Å². The molecule has 1 heterocycles. The van der Waals surface area contributed by atoms with Gasteiger partial charge in [0, 0.05) is 12.2 Å². The summed E-state index contributed by atoms with van der Waals surface area (Å²) in [6, 6.07) is 21.1. The second kappa shape index (κ2) is 10.7. The fraction of sp³-hybridized carbons (Fsp3) is 0.231. The Morgan fingerprint density at radius 1 is 0.943 bits per heavy atom. The predicted molar refractivity (Wildman–Crippen MR) is 132 cm³/mol. The molecule has 1 unspecified atom stereocenters. The lowest BCUT2D eigenvalue weighted by Crippen LogP contribution is -2.46. The van der Waals surface area contributed by atoms with Crippen molar-refractivity contribution in [2.75, 3.05) is 19.5 Å². The highest BCUT2D eigenvalue weighted by atomic mass is 16.5. The predicted octanol–water partition coefficient (Wildman–Crippen LogP) is 3.50. The van der Waals surface area contributed by atoms with Crippen LogP contribution < -0.4 is 14.8 Å². The van der Waals surface area contributed by atoms with Crippen LogP contribution in [0.1, 0.15) is 12.5 Å². The third-order valence-corrected chi connectivity index (χ3v) is 5.74. The molecule has 2 amide bonds. The summed E-state index contributed by atoms with van der Waals surface area (Å²) in [7, 11) is 3.18. The van der Waals surface area contributed by atoms with Crippen LogP contribution in [-0.4, -0.2) is 52.0 Å². The smallest absolute Gasteiger partial charge is 0.246 e. The Kier molecular flexibility index (Phi) is 7.25. The number of aromatic nitrogens is 3. The highest BCUT2D eigenvalue weighted by Crippen LogP contribution is 2.19. The molecule has 4 rings (SSSR count). The fourth-order valence-corrected chi connectivity index (χ4v) is 3.68. The van der Waals surface area contributed by atoms with Crippen LogP contribution in [0.4, 0.5) is 5.69 Å². The number of nitrogens with zero attached hydrogens (tertiary/aromatic N) is 4. The number of fused-ring (bicyclic) bond motifs is 1. The molecule has 0 aliphatic rings. The zero-order valence-electron chi connectivity index (χ0n) is 19.8. The number of hydrogen-bond donors (Lipinski definition) is 1. The van der Waals surface area contributed by atoms with Gasteiger partial charge < -0.3 is 19.7 Å². The van der Waals surface area contributed by atoms with E-state index in [1.807, 2.05) is 48.5 Å². The molecular weight excluding hydrogens is 446 g/mol. The lowest BCUT2D eigenvalue weighted by atomic mass is 10.1. The van der Waals surface area contributed by atoms with Gasteiger partial charge in [0.15, 0.2) is 0 Å². The Hall–Kier alpha value is -4.40. The lowest BCUT2D eigenvalue weighted by molar-refractivity contribution is -0.139. The third-order valence-electron chi connectivity index (χ3n) is 5.74. The molecule has 0 spiro atoms. The Bertz CT molecular complexity index is 1300. The molecule has 0 fully saturated rings. The van der Waals surface area contributed by atoms with Crippen LogP contribution in [0.3, 0.4) is 0 Å². The zero-order valence-corrected chi connectivity index (χ0v) is 19.8. The van der Waals surface area contributed by atoms with Crippen molar-refractivity contribution in [1.82, 2.24) is 19.9 Å². The van der Waals surface area contributed by atoms with E-state index >= 15 is 0 Å². The van der Waals surface area contributed by atoms with Gasteiger partial charge in [-0.05, 0) is 61.0 Å². The van der Waals surface area contributed by atoms with Crippen LogP contribution in [0.5, 0.6) is 11.5 Å². The molecular formula is C26H27N5O4. The Balaban J connectivity index is 1.56. The van der Waals surface area contributed by atoms with Crippen molar-refractivity contribution in [3.63, 3.8) is 0 Å². The first kappa shape index (κ1) is 23.7. The SMILES string of the molecule is COc1ccc(CN(C(=O)Cn2nnc3ccccc32)C(C)C(=O)Nc2ccc(OC)cc2)cc1. The van der Waals surface area contributed by atoms with Gasteiger partial charge in [-0.25, -0.2) is 4.68 Å². The minimum atomic E-state index is -0.749. The van der Waals surface area contributed by atoms with E-state index in [0.29, 0.717) is 22.7 Å². The van der Waals surface area contributed by atoms with E-state index in [1.54, 1.807) is 50.1 Å². The number of para-hydroxylation sites is 1. The van der Waals surface area contributed by atoms with Gasteiger partial charge >= 0.3 is 0 Å². The van der Waals surface area contributed by atoms with Gasteiger partial charge in [0.1, 0.15) is 29.6 Å². The number of hydrogen-bond acceptors (Lipinski definition) is 6. The molecule has 0 radical (unpaired) electrons. The zero-order chi connectivity index (χ0) is 24.8. The molecule has 9 nitrogen and oxygen atoms in total. The van der Waals surface area contributed by atoms with E-state index in [1.165, 1.54) is 4.90 Å². The van der Waals surface area contributed by atoms with E-state index in [9.17, 15) is 9.59 Å². The quantitative estimate of drug-likeness (QED) is 0.400. The fourth-order valence-electron chi connectivity index (χ4n) is 3.68. The Labute approximate surface area is 203 Å². The van der Waals surface area contributed by atoms with Gasteiger partial charge in [-0.2, -0.15) is 0 Å². The second-order valence-corrected chi connectivity index (χ2v) is 8.00. The van der Waals surface area contributed by atoms with E-state index in [0.717, 1.165) is 11.1 Å². The van der Waals surface area contributed by atoms with Crippen molar-refractivity contribution < 1.29 is 19.1 Å². The molecule has 0 bridgehead atoms. The average Bonchev–Trinajstić information content (AvgIpc) is 3.30. The summed E-state index contributed by atoms with van der Waals surface area (Å²) < 4.78 is 11.9. The number of rotatable bonds is 9. The first-order chi connectivity index (χ1) is 17.0. The van der Waals surface area contributed by atoms with Gasteiger partial charge in [-0.1, -0.05) is 29.5 Å². The maximum Gasteiger partial charge on any atom is 0.246 e. The first-order valence-electron chi connectivity index (χ1n) is 11.1. The highest BCUT2D eigenvalue weighted by molar-refractivity contribution is 5.97. The Morgan fingerprint density at radius 2 is 1.57 bits per heavy atom. The number of carbonyl (C=O) groups is 2. The number of anilines is 1. The number of methoxy groups -OCH3 is 2. The first-order valence-corrected chi connectivity index (χ1v) is 11.1. The summed E-state index contributed by atoms with van der Waals surface area (Å²) in [6.45, 7) is 1.91. The van der Waals surface area contributed by atoms with Gasteiger partial charge in [-0.15, -0.1) is 5.10 Å². The normalized spacial score (nSPS) is 11.6. The average molecular weight is 474 g/mol. The van der Waals surface area contributed by atoms with Crippen LogP contribution in [-0.2, 0) is 22.7 Å². The summed E-state index contributed by atoms with van der Waals surface area (Å²) >= 11 is 0. The van der Waals surface area contributed by atoms with Crippen LogP contribution in [0.15, 0.2) is 72.8 Å². The summed E-state index contributed by atoms with van der Waals surface area (Å²) in [5, 5.41) is 11.1. The van der Waals surface area contributed by atoms with Gasteiger partial charge in [0.2, 0.25) is 11.8 Å². The molecule has 3 aromatic carbocycles. The molecule has 9 heteroatoms. The molecule has 35 heavy (non-hydrogen) atoms. The molecule has 0 aliphatic carbocycles. The molecule has 180 valence electrons. The van der Waals surface area contributed by atoms with Crippen molar-refractivity contribution in [3.05, 3.63) is 78.4 Å². The van der Waals surface area contributed by atoms with Crippen molar-refractivity contribution in [1.29, 1.82) is 0 Å². The molecule has 0 saturated carbocycles. The summed E-state index contributed by atoms with van der Waals surface area (Å²) in [5.41, 5.74) is 2.93. The number of carbonyl (C=O) groups excluding carboxylic acids is 2. The van der Waals surface area contributed by atoms with Crippen LogP contribution in [0.25, 0.3) is 11.0 Å². The van der Waals surface area contributed by atoms with E-state index in [4.69, 9.17) is 9.47 Å². The minimum Gasteiger partial charge on any atom is -0.497 e. The number of nitrogens with one attached hydrogen (secondary N) is 1. The van der Waals surface area contributed by atoms with E-state index in [-0.39, 0.29) is 24.9 Å². The lowest BCUT2D eigenvalue weighted by Gasteiger charge is -2.29. The molecule has 1 atom stereocenters. The highest BCUT2D eigenvalue weighted by Gasteiger charge is 2.27. The summed E-state index contributed by atoms with van der Waals surface area (Å²) in [5.74, 6) is 0.841. The molecule has 0 aliphatic heterocycles. The maximum atomic E-state index is 13.5. The maximum absolute atomic E-state index is 13.5. The second-order valence-electron chi connectivity index (χ2n) is 8.00. The number of amides is 2. The topological polar surface area (TPSA) is 98.6 Å². The van der Waals surface area contributed by atoms with E-state index < -0.39 is 6.04 Å². The van der Waals surface area contributed by atoms with Crippen LogP contribution in [0, 0.1) is 0 Å². The molecule has 1 N–H and O–H groups in total. The summed E-state index contributed by atoms with van der Waals surface area (Å²) in [4.78, 5) is 28.1. The van der Waals surface area contributed by atoms with Crippen molar-refractivity contribution in [2.45, 2.75) is 26.1 Å². The summed E-state index contributed by atoms with van der Waals surface area (Å²) in [6.07, 6.45) is 0. The van der Waals surface area contributed by atoms with Crippen molar-refractivity contribution in [3.8, 4) is 11.5 Å². The van der Waals surface area contributed by atoms with Gasteiger partial charge in [0.05, 0.1) is 19.7 Å². The third kappa shape index (κ3) is 5.57. The molecule has 1 aromatic heterocycles.